The number of carbonyl (C=O) groups is 2. The molecule has 9 nitrogen and oxygen atoms in total. The topological polar surface area (TPSA) is 99.0 Å². The maximum Gasteiger partial charge on any atom is 0.269 e. The monoisotopic (exact) mass is 517 g/mol. The average molecular weight is 518 g/mol. The van der Waals surface area contributed by atoms with Crippen LogP contribution in [0.5, 0.6) is 0 Å². The molecule has 1 atom stereocenters. The smallest absolute Gasteiger partial charge is 0.269 e. The van der Waals surface area contributed by atoms with E-state index in [4.69, 9.17) is 0 Å². The summed E-state index contributed by atoms with van der Waals surface area (Å²) in [7, 11) is 1.85. The molecule has 4 rings (SSSR count). The summed E-state index contributed by atoms with van der Waals surface area (Å²) in [6, 6.07) is 17.0. The Morgan fingerprint density at radius 2 is 1.79 bits per heavy atom. The van der Waals surface area contributed by atoms with E-state index in [9.17, 15) is 19.7 Å². The number of nitrogens with zero attached hydrogens (tertiary/aromatic N) is 4. The van der Waals surface area contributed by atoms with Crippen LogP contribution in [-0.4, -0.2) is 65.7 Å². The lowest BCUT2D eigenvalue weighted by molar-refractivity contribution is -0.384. The van der Waals surface area contributed by atoms with E-state index in [1.807, 2.05) is 25.1 Å². The van der Waals surface area contributed by atoms with Crippen LogP contribution in [0.1, 0.15) is 49.1 Å². The van der Waals surface area contributed by atoms with Gasteiger partial charge in [-0.2, -0.15) is 0 Å². The zero-order chi connectivity index (χ0) is 27.1. The van der Waals surface area contributed by atoms with Crippen LogP contribution < -0.4 is 5.32 Å². The van der Waals surface area contributed by atoms with Gasteiger partial charge in [0.1, 0.15) is 0 Å². The molecule has 1 N–H and O–H groups in total. The normalized spacial score (nSPS) is 18.6. The highest BCUT2D eigenvalue weighted by Gasteiger charge is 2.32. The molecule has 2 aliphatic heterocycles. The fourth-order valence-corrected chi connectivity index (χ4v) is 5.49. The van der Waals surface area contributed by atoms with E-state index in [1.165, 1.54) is 17.7 Å². The molecular formula is C29H35N5O4. The van der Waals surface area contributed by atoms with E-state index in [-0.39, 0.29) is 5.69 Å². The van der Waals surface area contributed by atoms with Crippen LogP contribution in [0.25, 0.3) is 0 Å². The molecule has 200 valence electrons. The Bertz CT molecular complexity index is 1200. The van der Waals surface area contributed by atoms with Gasteiger partial charge in [-0.25, -0.2) is 0 Å². The van der Waals surface area contributed by atoms with Gasteiger partial charge in [-0.3, -0.25) is 19.7 Å². The highest BCUT2D eigenvalue weighted by Crippen LogP contribution is 2.39. The van der Waals surface area contributed by atoms with E-state index >= 15 is 0 Å². The van der Waals surface area contributed by atoms with E-state index in [0.29, 0.717) is 35.8 Å². The van der Waals surface area contributed by atoms with Crippen molar-refractivity contribution in [1.29, 1.82) is 0 Å². The molecular weight excluding hydrogens is 482 g/mol. The second kappa shape index (κ2) is 12.5. The summed E-state index contributed by atoms with van der Waals surface area (Å²) in [5.74, 6) is 0.0689. The lowest BCUT2D eigenvalue weighted by Gasteiger charge is -2.37. The molecule has 2 amide bonds. The third-order valence-corrected chi connectivity index (χ3v) is 7.65. The maximum absolute atomic E-state index is 12.3. The number of piperidine rings is 1. The summed E-state index contributed by atoms with van der Waals surface area (Å²) in [6.07, 6.45) is 6.31. The average Bonchev–Trinajstić information content (AvgIpc) is 2.94. The number of non-ortho nitro benzene ring substituents is 1. The van der Waals surface area contributed by atoms with Crippen molar-refractivity contribution < 1.29 is 14.5 Å². The first-order valence-electron chi connectivity index (χ1n) is 13.0. The number of carbonyl (C=O) groups excluding carboxylic acids is 2. The van der Waals surface area contributed by atoms with E-state index in [1.54, 1.807) is 17.0 Å². The van der Waals surface area contributed by atoms with Crippen LogP contribution in [-0.2, 0) is 9.59 Å². The van der Waals surface area contributed by atoms with Crippen molar-refractivity contribution in [3.63, 3.8) is 0 Å². The summed E-state index contributed by atoms with van der Waals surface area (Å²) in [4.78, 5) is 40.8. The van der Waals surface area contributed by atoms with Crippen molar-refractivity contribution in [3.8, 4) is 0 Å². The van der Waals surface area contributed by atoms with Gasteiger partial charge in [0.15, 0.2) is 0 Å². The van der Waals surface area contributed by atoms with Crippen molar-refractivity contribution in [2.24, 2.45) is 0 Å². The lowest BCUT2D eigenvalue weighted by atomic mass is 9.88. The van der Waals surface area contributed by atoms with Crippen LogP contribution in [0.15, 0.2) is 77.9 Å². The van der Waals surface area contributed by atoms with Gasteiger partial charge in [-0.1, -0.05) is 42.5 Å². The molecule has 0 radical (unpaired) electrons. The number of likely N-dealkylation sites (tertiary alicyclic amines) is 1. The molecule has 1 fully saturated rings. The summed E-state index contributed by atoms with van der Waals surface area (Å²) in [5.41, 5.74) is 4.06. The minimum atomic E-state index is -0.525. The first-order chi connectivity index (χ1) is 18.4. The van der Waals surface area contributed by atoms with Gasteiger partial charge < -0.3 is 20.0 Å². The van der Waals surface area contributed by atoms with Gasteiger partial charge in [0.05, 0.1) is 22.2 Å². The van der Waals surface area contributed by atoms with Gasteiger partial charge in [0.2, 0.25) is 12.8 Å². The highest BCUT2D eigenvalue weighted by atomic mass is 16.6. The van der Waals surface area contributed by atoms with Gasteiger partial charge in [0.25, 0.3) is 5.69 Å². The van der Waals surface area contributed by atoms with Crippen LogP contribution in [0.2, 0.25) is 0 Å². The molecule has 0 saturated carbocycles. The highest BCUT2D eigenvalue weighted by molar-refractivity contribution is 5.59. The fourth-order valence-electron chi connectivity index (χ4n) is 5.49. The largest absolute Gasteiger partial charge is 0.351 e. The Labute approximate surface area is 223 Å². The maximum atomic E-state index is 12.3. The number of hydrogen-bond donors (Lipinski definition) is 1. The van der Waals surface area contributed by atoms with Gasteiger partial charge in [-0.05, 0) is 62.9 Å². The van der Waals surface area contributed by atoms with Crippen LogP contribution in [0, 0.1) is 10.1 Å². The molecule has 0 bridgehead atoms. The second-order valence-corrected chi connectivity index (χ2v) is 9.89. The minimum Gasteiger partial charge on any atom is -0.351 e. The van der Waals surface area contributed by atoms with Crippen molar-refractivity contribution in [3.05, 3.63) is 99.1 Å². The molecule has 38 heavy (non-hydrogen) atoms. The Morgan fingerprint density at radius 3 is 2.45 bits per heavy atom. The molecule has 0 spiro atoms. The van der Waals surface area contributed by atoms with Crippen molar-refractivity contribution in [1.82, 2.24) is 20.0 Å². The summed E-state index contributed by atoms with van der Waals surface area (Å²) >= 11 is 0. The SMILES string of the molecule is CC1=C(NC=O)C(c2cccc([N+](=O)[O-])c2)C(N(C=O)CCCN2CCC(c3ccccc3)CC2)=CN1C. The van der Waals surface area contributed by atoms with Crippen molar-refractivity contribution in [2.75, 3.05) is 33.2 Å². The zero-order valence-corrected chi connectivity index (χ0v) is 22.0. The van der Waals surface area contributed by atoms with Gasteiger partial charge in [0, 0.05) is 37.6 Å². The molecule has 2 aliphatic rings. The Morgan fingerprint density at radius 1 is 1.08 bits per heavy atom. The molecule has 1 saturated heterocycles. The molecule has 1 unspecified atom stereocenters. The molecule has 9 heteroatoms. The first-order valence-corrected chi connectivity index (χ1v) is 13.0. The summed E-state index contributed by atoms with van der Waals surface area (Å²) in [6.45, 7) is 5.30. The van der Waals surface area contributed by atoms with Crippen LogP contribution in [0.3, 0.4) is 0 Å². The van der Waals surface area contributed by atoms with Crippen molar-refractivity contribution in [2.45, 2.75) is 38.0 Å². The minimum absolute atomic E-state index is 0.0413. The number of rotatable bonds is 11. The van der Waals surface area contributed by atoms with Crippen LogP contribution in [0.4, 0.5) is 5.69 Å². The van der Waals surface area contributed by atoms with E-state index in [0.717, 1.165) is 51.0 Å². The Balaban J connectivity index is 1.46. The van der Waals surface area contributed by atoms with Gasteiger partial charge >= 0.3 is 0 Å². The summed E-state index contributed by atoms with van der Waals surface area (Å²) in [5, 5.41) is 14.2. The second-order valence-electron chi connectivity index (χ2n) is 9.89. The predicted octanol–water partition coefficient (Wildman–Crippen LogP) is 4.17. The van der Waals surface area contributed by atoms with Gasteiger partial charge in [-0.15, -0.1) is 0 Å². The third-order valence-electron chi connectivity index (χ3n) is 7.65. The quantitative estimate of drug-likeness (QED) is 0.273. The number of benzene rings is 2. The molecule has 2 aromatic rings. The number of nitro benzene ring substituents is 1. The Kier molecular flexibility index (Phi) is 8.91. The molecule has 2 heterocycles. The number of allylic oxidation sites excluding steroid dienone is 1. The third kappa shape index (κ3) is 6.11. The molecule has 2 aromatic carbocycles. The Hall–Kier alpha value is -3.98. The molecule has 0 aromatic heterocycles. The number of nitro groups is 1. The standard InChI is InChI=1S/C29H35N5O4/c1-22-29(30-20-35)28(25-10-6-11-26(18-25)34(37)38)27(19-31(22)2)33(21-36)15-7-14-32-16-12-24(13-17-32)23-8-4-3-5-9-23/h3-6,8-11,18-21,24,28H,7,12-17H2,1-2H3,(H,30,35). The van der Waals surface area contributed by atoms with E-state index < -0.39 is 10.8 Å². The van der Waals surface area contributed by atoms with Crippen molar-refractivity contribution >= 4 is 18.5 Å². The summed E-state index contributed by atoms with van der Waals surface area (Å²) < 4.78 is 0. The molecule has 0 aliphatic carbocycles. The fraction of sp³-hybridized carbons (Fsp3) is 0.379. The first kappa shape index (κ1) is 27.1. The zero-order valence-electron chi connectivity index (χ0n) is 22.0. The van der Waals surface area contributed by atoms with Crippen LogP contribution >= 0.6 is 0 Å². The number of nitrogens with one attached hydrogen (secondary N) is 1. The predicted molar refractivity (Wildman–Crippen MR) is 146 cm³/mol. The number of hydrogen-bond acceptors (Lipinski definition) is 6. The lowest BCUT2D eigenvalue weighted by Crippen LogP contribution is -2.38. The van der Waals surface area contributed by atoms with E-state index in [2.05, 4.69) is 40.5 Å². The number of amides is 2.